The van der Waals surface area contributed by atoms with E-state index in [9.17, 15) is 24.6 Å². The van der Waals surface area contributed by atoms with Crippen molar-refractivity contribution < 1.29 is 34.1 Å². The highest BCUT2D eigenvalue weighted by Gasteiger charge is 2.52. The Morgan fingerprint density at radius 2 is 1.83 bits per heavy atom. The van der Waals surface area contributed by atoms with Crippen molar-refractivity contribution in [3.8, 4) is 5.75 Å². The van der Waals surface area contributed by atoms with Gasteiger partial charge in [-0.25, -0.2) is 9.59 Å². The number of carbonyl (C=O) groups is 3. The molecule has 0 radical (unpaired) electrons. The molecule has 152 valence electrons. The predicted molar refractivity (Wildman–Crippen MR) is 101 cm³/mol. The molecule has 0 aliphatic carbocycles. The quantitative estimate of drug-likeness (QED) is 0.452. The summed E-state index contributed by atoms with van der Waals surface area (Å²) in [5, 5.41) is 21.0. The second-order valence-electron chi connectivity index (χ2n) is 6.84. The molecule has 1 amide bonds. The van der Waals surface area contributed by atoms with Crippen molar-refractivity contribution in [2.75, 3.05) is 0 Å². The van der Waals surface area contributed by atoms with E-state index in [0.717, 1.165) is 11.1 Å². The number of amides is 1. The van der Waals surface area contributed by atoms with Crippen LogP contribution in [-0.4, -0.2) is 46.3 Å². The molecule has 1 saturated heterocycles. The van der Waals surface area contributed by atoms with Crippen LogP contribution in [0.5, 0.6) is 5.75 Å². The van der Waals surface area contributed by atoms with Crippen LogP contribution in [0.25, 0.3) is 0 Å². The van der Waals surface area contributed by atoms with Gasteiger partial charge in [0.15, 0.2) is 12.2 Å². The highest BCUT2D eigenvalue weighted by atomic mass is 16.6. The van der Waals surface area contributed by atoms with Gasteiger partial charge in [0.2, 0.25) is 0 Å². The number of phenolic OH excluding ortho intramolecular Hbond substituents is 1. The van der Waals surface area contributed by atoms with Gasteiger partial charge < -0.3 is 25.0 Å². The normalized spacial score (nSPS) is 18.5. The molecule has 2 unspecified atom stereocenters. The molecule has 8 heteroatoms. The Morgan fingerprint density at radius 3 is 2.48 bits per heavy atom. The first-order valence-corrected chi connectivity index (χ1v) is 9.02. The summed E-state index contributed by atoms with van der Waals surface area (Å²) in [5.74, 6) is -2.51. The van der Waals surface area contributed by atoms with Gasteiger partial charge in [-0.05, 0) is 30.2 Å². The highest BCUT2D eigenvalue weighted by Crippen LogP contribution is 2.24. The van der Waals surface area contributed by atoms with Gasteiger partial charge >= 0.3 is 11.9 Å². The summed E-state index contributed by atoms with van der Waals surface area (Å²) in [4.78, 5) is 35.8. The third-order valence-corrected chi connectivity index (χ3v) is 4.44. The maximum absolute atomic E-state index is 12.3. The summed E-state index contributed by atoms with van der Waals surface area (Å²) in [6.45, 7) is 1.99. The number of rotatable bonds is 8. The number of epoxide rings is 1. The van der Waals surface area contributed by atoms with Crippen molar-refractivity contribution in [1.29, 1.82) is 0 Å². The summed E-state index contributed by atoms with van der Waals surface area (Å²) in [7, 11) is 0. The summed E-state index contributed by atoms with van der Waals surface area (Å²) >= 11 is 0. The van der Waals surface area contributed by atoms with Gasteiger partial charge in [0, 0.05) is 6.42 Å². The molecule has 0 saturated carbocycles. The van der Waals surface area contributed by atoms with Crippen LogP contribution in [0.1, 0.15) is 16.7 Å². The van der Waals surface area contributed by atoms with E-state index < -0.39 is 36.1 Å². The molecule has 3 rings (SSSR count). The molecule has 29 heavy (non-hydrogen) atoms. The largest absolute Gasteiger partial charge is 0.508 e. The Labute approximate surface area is 167 Å². The van der Waals surface area contributed by atoms with Crippen LogP contribution in [0.15, 0.2) is 48.5 Å². The van der Waals surface area contributed by atoms with Gasteiger partial charge in [0.1, 0.15) is 18.4 Å². The molecule has 1 fully saturated rings. The number of nitrogens with one attached hydrogen (secondary N) is 1. The molecule has 0 spiro atoms. The molecule has 8 nitrogen and oxygen atoms in total. The fourth-order valence-electron chi connectivity index (χ4n) is 2.85. The summed E-state index contributed by atoms with van der Waals surface area (Å²) in [6.07, 6.45) is -2.08. The smallest absolute Gasteiger partial charge is 0.338 e. The van der Waals surface area contributed by atoms with Gasteiger partial charge in [0.25, 0.3) is 5.91 Å². The van der Waals surface area contributed by atoms with Crippen molar-refractivity contribution in [2.45, 2.75) is 38.2 Å². The van der Waals surface area contributed by atoms with Crippen molar-refractivity contribution in [1.82, 2.24) is 5.32 Å². The fraction of sp³-hybridized carbons (Fsp3) is 0.286. The lowest BCUT2D eigenvalue weighted by Gasteiger charge is -2.14. The Hall–Kier alpha value is -3.39. The zero-order valence-electron chi connectivity index (χ0n) is 15.7. The van der Waals surface area contributed by atoms with E-state index in [1.54, 1.807) is 12.1 Å². The van der Waals surface area contributed by atoms with Gasteiger partial charge in [-0.3, -0.25) is 4.79 Å². The Bertz CT molecular complexity index is 910. The standard InChI is InChI=1S/C21H21NO7/c1-12-3-2-4-14(9-12)11-28-21(27)18-17(29-18)19(24)22-16(20(25)26)10-13-5-7-15(23)8-6-13/h2-9,16-18,23H,10-11H2,1H3,(H,22,24)(H,25,26)/t16-,17?,18?/m0/s1. The number of aromatic hydroxyl groups is 1. The van der Waals surface area contributed by atoms with Crippen LogP contribution in [-0.2, 0) is 36.9 Å². The molecule has 3 atom stereocenters. The number of carbonyl (C=O) groups excluding carboxylic acids is 2. The maximum atomic E-state index is 12.3. The number of benzene rings is 2. The van der Waals surface area contributed by atoms with Crippen molar-refractivity contribution in [3.63, 3.8) is 0 Å². The number of aliphatic carboxylic acids is 1. The van der Waals surface area contributed by atoms with E-state index in [1.807, 2.05) is 31.2 Å². The topological polar surface area (TPSA) is 125 Å². The molecular formula is C21H21NO7. The van der Waals surface area contributed by atoms with Crippen molar-refractivity contribution >= 4 is 17.8 Å². The zero-order valence-corrected chi connectivity index (χ0v) is 15.7. The maximum Gasteiger partial charge on any atom is 0.338 e. The van der Waals surface area contributed by atoms with Gasteiger partial charge in [-0.15, -0.1) is 0 Å². The van der Waals surface area contributed by atoms with Crippen molar-refractivity contribution in [3.05, 3.63) is 65.2 Å². The molecule has 0 aromatic heterocycles. The van der Waals surface area contributed by atoms with E-state index in [0.29, 0.717) is 5.56 Å². The van der Waals surface area contributed by atoms with Gasteiger partial charge in [0.05, 0.1) is 0 Å². The van der Waals surface area contributed by atoms with Crippen LogP contribution in [0, 0.1) is 6.92 Å². The summed E-state index contributed by atoms with van der Waals surface area (Å²) in [5.41, 5.74) is 2.48. The first kappa shape index (κ1) is 20.3. The van der Waals surface area contributed by atoms with Gasteiger partial charge in [-0.1, -0.05) is 42.0 Å². The predicted octanol–water partition coefficient (Wildman–Crippen LogP) is 1.32. The average Bonchev–Trinajstić information content (AvgIpc) is 3.48. The lowest BCUT2D eigenvalue weighted by molar-refractivity contribution is -0.146. The Kier molecular flexibility index (Phi) is 6.13. The lowest BCUT2D eigenvalue weighted by Crippen LogP contribution is -2.44. The van der Waals surface area contributed by atoms with E-state index in [4.69, 9.17) is 9.47 Å². The number of carboxylic acid groups (broad SMARTS) is 1. The van der Waals surface area contributed by atoms with Crippen LogP contribution >= 0.6 is 0 Å². The fourth-order valence-corrected chi connectivity index (χ4v) is 2.85. The SMILES string of the molecule is Cc1cccc(COC(=O)C2OC2C(=O)N[C@@H](Cc2ccc(O)cc2)C(=O)O)c1. The van der Waals surface area contributed by atoms with E-state index >= 15 is 0 Å². The number of carboxylic acids is 1. The minimum Gasteiger partial charge on any atom is -0.508 e. The second-order valence-corrected chi connectivity index (χ2v) is 6.84. The first-order valence-electron chi connectivity index (χ1n) is 9.02. The minimum atomic E-state index is -1.22. The van der Waals surface area contributed by atoms with E-state index in [2.05, 4.69) is 5.32 Å². The number of hydrogen-bond donors (Lipinski definition) is 3. The monoisotopic (exact) mass is 399 g/mol. The van der Waals surface area contributed by atoms with E-state index in [-0.39, 0.29) is 18.8 Å². The number of phenols is 1. The van der Waals surface area contributed by atoms with Crippen molar-refractivity contribution in [2.24, 2.45) is 0 Å². The molecule has 0 bridgehead atoms. The third kappa shape index (κ3) is 5.55. The Morgan fingerprint density at radius 1 is 1.10 bits per heavy atom. The first-order chi connectivity index (χ1) is 13.8. The average molecular weight is 399 g/mol. The molecule has 1 aliphatic rings. The highest BCUT2D eigenvalue weighted by molar-refractivity contribution is 5.94. The zero-order chi connectivity index (χ0) is 21.0. The van der Waals surface area contributed by atoms with Gasteiger partial charge in [-0.2, -0.15) is 0 Å². The molecule has 1 heterocycles. The second kappa shape index (κ2) is 8.74. The summed E-state index contributed by atoms with van der Waals surface area (Å²) < 4.78 is 10.2. The third-order valence-electron chi connectivity index (χ3n) is 4.44. The van der Waals surface area contributed by atoms with Crippen LogP contribution < -0.4 is 5.32 Å². The number of hydrogen-bond acceptors (Lipinski definition) is 6. The molecule has 1 aliphatic heterocycles. The lowest BCUT2D eigenvalue weighted by atomic mass is 10.1. The molecule has 3 N–H and O–H groups in total. The molecular weight excluding hydrogens is 378 g/mol. The number of esters is 1. The van der Waals surface area contributed by atoms with Crippen LogP contribution in [0.2, 0.25) is 0 Å². The molecule has 2 aromatic carbocycles. The van der Waals surface area contributed by atoms with Crippen LogP contribution in [0.4, 0.5) is 0 Å². The van der Waals surface area contributed by atoms with E-state index in [1.165, 1.54) is 12.1 Å². The van der Waals surface area contributed by atoms with Crippen LogP contribution in [0.3, 0.4) is 0 Å². The Balaban J connectivity index is 1.50. The minimum absolute atomic E-state index is 0.0243. The number of ether oxygens (including phenoxy) is 2. The summed E-state index contributed by atoms with van der Waals surface area (Å²) in [6, 6.07) is 12.3. The molecule has 2 aromatic rings. The number of aryl methyl sites for hydroxylation is 1.